The van der Waals surface area contributed by atoms with Gasteiger partial charge in [-0.3, -0.25) is 15.1 Å². The standard InChI is InChI=1S/C18H29N5.C2H4O2/c1-4-5-6-7-11-14-19-16-21-17(23-18(2,3)22-16)20-15-12-9-8-10-13-15;1-2(3)4/h8-10,12-13H,4-7,11,14H2,1-3H3,(H3,19,20,21,22,23);1H3,(H,3,4). The van der Waals surface area contributed by atoms with E-state index in [4.69, 9.17) is 9.90 Å². The molecule has 0 aliphatic carbocycles. The van der Waals surface area contributed by atoms with Crippen molar-refractivity contribution in [1.82, 2.24) is 10.6 Å². The average Bonchev–Trinajstić information content (AvgIpc) is 2.57. The van der Waals surface area contributed by atoms with Crippen molar-refractivity contribution in [3.05, 3.63) is 30.3 Å². The quantitative estimate of drug-likeness (QED) is 0.543. The smallest absolute Gasteiger partial charge is 0.300 e. The number of guanidine groups is 2. The summed E-state index contributed by atoms with van der Waals surface area (Å²) in [5.74, 6) is 0.684. The summed E-state index contributed by atoms with van der Waals surface area (Å²) in [6.07, 6.45) is 6.27. The molecule has 0 radical (unpaired) electrons. The van der Waals surface area contributed by atoms with Gasteiger partial charge in [0.2, 0.25) is 5.96 Å². The molecule has 0 atom stereocenters. The Morgan fingerprint density at radius 2 is 1.81 bits per heavy atom. The van der Waals surface area contributed by atoms with E-state index >= 15 is 0 Å². The minimum Gasteiger partial charge on any atom is -0.481 e. The second-order valence-electron chi connectivity index (χ2n) is 6.92. The van der Waals surface area contributed by atoms with Crippen molar-refractivity contribution in [3.63, 3.8) is 0 Å². The van der Waals surface area contributed by atoms with Gasteiger partial charge in [0, 0.05) is 19.2 Å². The van der Waals surface area contributed by atoms with Gasteiger partial charge in [0.15, 0.2) is 5.96 Å². The lowest BCUT2D eigenvalue weighted by atomic mass is 10.1. The van der Waals surface area contributed by atoms with Crippen molar-refractivity contribution in [3.8, 4) is 0 Å². The molecule has 1 aliphatic heterocycles. The molecule has 1 aromatic rings. The van der Waals surface area contributed by atoms with E-state index in [0.29, 0.717) is 0 Å². The Labute approximate surface area is 162 Å². The Hall–Kier alpha value is -2.57. The molecule has 4 N–H and O–H groups in total. The zero-order valence-electron chi connectivity index (χ0n) is 16.9. The third-order valence-corrected chi connectivity index (χ3v) is 3.62. The Bertz CT molecular complexity index is 623. The summed E-state index contributed by atoms with van der Waals surface area (Å²) in [5, 5.41) is 17.3. The molecule has 0 saturated carbocycles. The molecule has 0 fully saturated rings. The van der Waals surface area contributed by atoms with E-state index in [-0.39, 0.29) is 5.66 Å². The number of anilines is 1. The molecule has 0 bridgehead atoms. The van der Waals surface area contributed by atoms with Gasteiger partial charge in [0.25, 0.3) is 5.97 Å². The van der Waals surface area contributed by atoms with Crippen LogP contribution >= 0.6 is 0 Å². The van der Waals surface area contributed by atoms with Crippen LogP contribution in [-0.2, 0) is 4.79 Å². The molecule has 0 spiro atoms. The van der Waals surface area contributed by atoms with E-state index < -0.39 is 5.97 Å². The summed E-state index contributed by atoms with van der Waals surface area (Å²) in [6.45, 7) is 8.24. The predicted octanol–water partition coefficient (Wildman–Crippen LogP) is 3.80. The maximum absolute atomic E-state index is 9.00. The van der Waals surface area contributed by atoms with Crippen LogP contribution < -0.4 is 16.0 Å². The highest BCUT2D eigenvalue weighted by molar-refractivity contribution is 6.07. The molecule has 0 aromatic heterocycles. The second kappa shape index (κ2) is 11.9. The molecular formula is C20H33N5O2. The van der Waals surface area contributed by atoms with Gasteiger partial charge in [-0.15, -0.1) is 0 Å². The first kappa shape index (κ1) is 22.5. The number of carboxylic acid groups (broad SMARTS) is 1. The van der Waals surface area contributed by atoms with Crippen LogP contribution in [0.4, 0.5) is 5.69 Å². The molecule has 1 aromatic carbocycles. The highest BCUT2D eigenvalue weighted by atomic mass is 16.4. The molecule has 150 valence electrons. The number of carboxylic acids is 1. The largest absolute Gasteiger partial charge is 0.481 e. The van der Waals surface area contributed by atoms with Crippen molar-refractivity contribution in [2.75, 3.05) is 11.9 Å². The minimum atomic E-state index is -0.833. The van der Waals surface area contributed by atoms with Gasteiger partial charge in [-0.25, -0.2) is 4.99 Å². The summed E-state index contributed by atoms with van der Waals surface area (Å²) in [7, 11) is 0. The molecule has 0 saturated heterocycles. The summed E-state index contributed by atoms with van der Waals surface area (Å²) in [6, 6.07) is 10.0. The number of aliphatic imine (C=N–C) groups is 2. The summed E-state index contributed by atoms with van der Waals surface area (Å²) in [5.41, 5.74) is 0.638. The fourth-order valence-corrected chi connectivity index (χ4v) is 2.47. The van der Waals surface area contributed by atoms with Crippen molar-refractivity contribution >= 4 is 23.6 Å². The van der Waals surface area contributed by atoms with Gasteiger partial charge >= 0.3 is 0 Å². The summed E-state index contributed by atoms with van der Waals surface area (Å²) < 4.78 is 0. The molecule has 1 heterocycles. The molecular weight excluding hydrogens is 342 g/mol. The Kier molecular flexibility index (Phi) is 9.93. The van der Waals surface area contributed by atoms with E-state index in [1.54, 1.807) is 0 Å². The van der Waals surface area contributed by atoms with Crippen LogP contribution in [0.5, 0.6) is 0 Å². The van der Waals surface area contributed by atoms with Crippen LogP contribution in [0.2, 0.25) is 0 Å². The van der Waals surface area contributed by atoms with Crippen molar-refractivity contribution < 1.29 is 9.90 Å². The van der Waals surface area contributed by atoms with E-state index in [1.165, 1.54) is 25.7 Å². The molecule has 7 nitrogen and oxygen atoms in total. The third kappa shape index (κ3) is 10.9. The van der Waals surface area contributed by atoms with Crippen LogP contribution in [0.25, 0.3) is 0 Å². The first-order valence-electron chi connectivity index (χ1n) is 9.53. The number of rotatable bonds is 7. The average molecular weight is 376 g/mol. The van der Waals surface area contributed by atoms with E-state index in [1.807, 2.05) is 44.2 Å². The van der Waals surface area contributed by atoms with E-state index in [0.717, 1.165) is 37.5 Å². The summed E-state index contributed by atoms with van der Waals surface area (Å²) >= 11 is 0. The number of nitrogens with one attached hydrogen (secondary N) is 3. The number of hydrogen-bond acceptors (Lipinski definition) is 4. The highest BCUT2D eigenvalue weighted by Crippen LogP contribution is 2.11. The lowest BCUT2D eigenvalue weighted by molar-refractivity contribution is -0.134. The Morgan fingerprint density at radius 1 is 1.19 bits per heavy atom. The van der Waals surface area contributed by atoms with Gasteiger partial charge in [-0.05, 0) is 32.4 Å². The number of para-hydroxylation sites is 1. The first-order chi connectivity index (χ1) is 12.8. The normalized spacial score (nSPS) is 16.3. The maximum Gasteiger partial charge on any atom is 0.300 e. The van der Waals surface area contributed by atoms with Gasteiger partial charge in [-0.2, -0.15) is 0 Å². The zero-order valence-corrected chi connectivity index (χ0v) is 16.9. The number of carbonyl (C=O) groups is 1. The second-order valence-corrected chi connectivity index (χ2v) is 6.92. The van der Waals surface area contributed by atoms with Crippen LogP contribution in [0, 0.1) is 0 Å². The fraction of sp³-hybridized carbons (Fsp3) is 0.550. The van der Waals surface area contributed by atoms with Gasteiger partial charge in [0.1, 0.15) is 5.66 Å². The molecule has 0 unspecified atom stereocenters. The topological polar surface area (TPSA) is 98.1 Å². The van der Waals surface area contributed by atoms with Gasteiger partial charge < -0.3 is 15.7 Å². The van der Waals surface area contributed by atoms with Gasteiger partial charge in [0.05, 0.1) is 0 Å². The van der Waals surface area contributed by atoms with Gasteiger partial charge in [-0.1, -0.05) is 50.8 Å². The molecule has 2 rings (SSSR count). The Morgan fingerprint density at radius 3 is 2.44 bits per heavy atom. The fourth-order valence-electron chi connectivity index (χ4n) is 2.47. The SMILES string of the molecule is CC(=O)O.CCCCCCCN=C1NC(Nc2ccccc2)=NC(C)(C)N1. The number of nitrogens with zero attached hydrogens (tertiary/aromatic N) is 2. The van der Waals surface area contributed by atoms with E-state index in [2.05, 4.69) is 32.9 Å². The van der Waals surface area contributed by atoms with Crippen LogP contribution in [0.3, 0.4) is 0 Å². The number of hydrogen-bond donors (Lipinski definition) is 4. The van der Waals surface area contributed by atoms with Crippen LogP contribution in [-0.4, -0.2) is 35.2 Å². The monoisotopic (exact) mass is 375 g/mol. The molecule has 0 amide bonds. The number of benzene rings is 1. The van der Waals surface area contributed by atoms with Crippen molar-refractivity contribution in [2.24, 2.45) is 9.98 Å². The first-order valence-corrected chi connectivity index (χ1v) is 9.53. The highest BCUT2D eigenvalue weighted by Gasteiger charge is 2.24. The lowest BCUT2D eigenvalue weighted by Crippen LogP contribution is -2.57. The lowest BCUT2D eigenvalue weighted by Gasteiger charge is -2.31. The molecule has 1 aliphatic rings. The third-order valence-electron chi connectivity index (χ3n) is 3.62. The minimum absolute atomic E-state index is 0.372. The van der Waals surface area contributed by atoms with Crippen LogP contribution in [0.15, 0.2) is 40.3 Å². The number of aliphatic carboxylic acids is 1. The summed E-state index contributed by atoms with van der Waals surface area (Å²) in [4.78, 5) is 18.3. The zero-order chi connectivity index (χ0) is 20.1. The number of unbranched alkanes of at least 4 members (excludes halogenated alkanes) is 4. The van der Waals surface area contributed by atoms with Crippen molar-refractivity contribution in [1.29, 1.82) is 0 Å². The van der Waals surface area contributed by atoms with Crippen LogP contribution in [0.1, 0.15) is 59.8 Å². The van der Waals surface area contributed by atoms with E-state index in [9.17, 15) is 0 Å². The molecule has 27 heavy (non-hydrogen) atoms. The molecule has 7 heteroatoms. The maximum atomic E-state index is 9.00. The van der Waals surface area contributed by atoms with Crippen molar-refractivity contribution in [2.45, 2.75) is 65.5 Å². The Balaban J connectivity index is 0.000000828. The predicted molar refractivity (Wildman–Crippen MR) is 112 cm³/mol.